The van der Waals surface area contributed by atoms with Crippen LogP contribution in [0.1, 0.15) is 22.3 Å². The Kier molecular flexibility index (Phi) is 8.91. The molecule has 12 rings (SSSR count). The highest BCUT2D eigenvalue weighted by atomic mass is 32.1. The quantitative estimate of drug-likeness (QED) is 0.152. The van der Waals surface area contributed by atoms with Gasteiger partial charge >= 0.3 is 0 Å². The first-order valence-electron chi connectivity index (χ1n) is 21.3. The summed E-state index contributed by atoms with van der Waals surface area (Å²) in [7, 11) is 0. The van der Waals surface area contributed by atoms with Gasteiger partial charge in [0.2, 0.25) is 5.75 Å². The number of thiophene rings is 1. The van der Waals surface area contributed by atoms with Gasteiger partial charge in [-0.25, -0.2) is 0 Å². The van der Waals surface area contributed by atoms with Crippen molar-refractivity contribution in [1.82, 2.24) is 0 Å². The summed E-state index contributed by atoms with van der Waals surface area (Å²) in [5, 5.41) is 0.921. The minimum Gasteiger partial charge on any atom is -0.448 e. The van der Waals surface area contributed by atoms with E-state index < -0.39 is 5.41 Å². The van der Waals surface area contributed by atoms with Gasteiger partial charge in [-0.1, -0.05) is 200 Å². The van der Waals surface area contributed by atoms with E-state index in [-0.39, 0.29) is 0 Å². The molecule has 4 heteroatoms. The van der Waals surface area contributed by atoms with Crippen molar-refractivity contribution in [3.63, 3.8) is 0 Å². The SMILES string of the molecule is c1ccc(-c2ccc(N(c3ccc(C4(c5ccccc5)c5ccccc5-c5ccccc54)cc3)c3sc(-c4ccccc4)c4c3Oc3ccccc3O4)c(-c3ccccc3)c2)cc1. The predicted octanol–water partition coefficient (Wildman–Crippen LogP) is 16.5. The Hall–Kier alpha value is -7.92. The molecule has 2 aliphatic rings. The third kappa shape index (κ3) is 6.02. The second kappa shape index (κ2) is 15.2. The summed E-state index contributed by atoms with van der Waals surface area (Å²) in [6, 6.07) is 84.6. The lowest BCUT2D eigenvalue weighted by Crippen LogP contribution is -2.28. The Labute approximate surface area is 371 Å². The molecule has 0 saturated carbocycles. The van der Waals surface area contributed by atoms with Crippen molar-refractivity contribution in [3.05, 3.63) is 259 Å². The van der Waals surface area contributed by atoms with Gasteiger partial charge in [0.1, 0.15) is 5.00 Å². The van der Waals surface area contributed by atoms with E-state index in [4.69, 9.17) is 9.47 Å². The van der Waals surface area contributed by atoms with Gasteiger partial charge in [0.05, 0.1) is 16.0 Å². The van der Waals surface area contributed by atoms with E-state index in [9.17, 15) is 0 Å². The van der Waals surface area contributed by atoms with E-state index in [2.05, 4.69) is 217 Å². The van der Waals surface area contributed by atoms with E-state index in [0.717, 1.165) is 49.1 Å². The highest BCUT2D eigenvalue weighted by Crippen LogP contribution is 2.62. The molecule has 0 unspecified atom stereocenters. The van der Waals surface area contributed by atoms with Crippen LogP contribution < -0.4 is 14.4 Å². The minimum absolute atomic E-state index is 0.520. The number of para-hydroxylation sites is 2. The van der Waals surface area contributed by atoms with Gasteiger partial charge in [0.15, 0.2) is 17.2 Å². The van der Waals surface area contributed by atoms with Crippen molar-refractivity contribution < 1.29 is 9.47 Å². The van der Waals surface area contributed by atoms with E-state index in [0.29, 0.717) is 23.0 Å². The highest BCUT2D eigenvalue weighted by Gasteiger charge is 2.46. The molecular weight excluding hydrogens is 787 g/mol. The third-order valence-corrected chi connectivity index (χ3v) is 13.7. The van der Waals surface area contributed by atoms with Crippen LogP contribution >= 0.6 is 11.3 Å². The summed E-state index contributed by atoms with van der Waals surface area (Å²) in [6.07, 6.45) is 0. The molecule has 0 atom stereocenters. The van der Waals surface area contributed by atoms with E-state index in [1.807, 2.05) is 24.3 Å². The van der Waals surface area contributed by atoms with Crippen molar-refractivity contribution in [2.24, 2.45) is 0 Å². The second-order valence-electron chi connectivity index (χ2n) is 16.0. The molecule has 3 nitrogen and oxygen atoms in total. The first kappa shape index (κ1) is 36.9. The maximum atomic E-state index is 6.97. The molecule has 0 N–H and O–H groups in total. The molecule has 1 aromatic heterocycles. The van der Waals surface area contributed by atoms with Crippen LogP contribution in [0.25, 0.3) is 43.8 Å². The molecule has 0 amide bonds. The second-order valence-corrected chi connectivity index (χ2v) is 17.0. The molecule has 63 heavy (non-hydrogen) atoms. The molecular formula is C59H39NO2S. The molecule has 298 valence electrons. The molecule has 9 aromatic carbocycles. The topological polar surface area (TPSA) is 21.7 Å². The maximum Gasteiger partial charge on any atom is 0.205 e. The molecule has 10 aromatic rings. The normalized spacial score (nSPS) is 12.8. The van der Waals surface area contributed by atoms with Gasteiger partial charge < -0.3 is 9.47 Å². The largest absolute Gasteiger partial charge is 0.448 e. The van der Waals surface area contributed by atoms with Gasteiger partial charge in [0, 0.05) is 11.3 Å². The standard InChI is InChI=1S/C59H39NO2S/c1-5-19-40(20-6-1)43-33-38-52(49(39-43)41-21-7-2-8-22-41)60(58-56-55(57(63-58)42-23-9-3-10-24-42)61-53-31-17-18-32-54(53)62-56)46-36-34-45(35-37-46)59(44-25-11-4-12-26-44)50-29-15-13-27-47(50)48-28-14-16-30-51(48)59/h1-39H. The molecule has 0 spiro atoms. The number of ether oxygens (including phenoxy) is 2. The van der Waals surface area contributed by atoms with Gasteiger partial charge in [-0.15, -0.1) is 11.3 Å². The Morgan fingerprint density at radius 3 is 1.48 bits per heavy atom. The number of anilines is 3. The Bertz CT molecular complexity index is 3230. The molecule has 0 radical (unpaired) electrons. The van der Waals surface area contributed by atoms with Crippen LogP contribution in [-0.4, -0.2) is 0 Å². The monoisotopic (exact) mass is 825 g/mol. The summed E-state index contributed by atoms with van der Waals surface area (Å²) in [5.74, 6) is 2.78. The van der Waals surface area contributed by atoms with Crippen molar-refractivity contribution in [3.8, 4) is 66.8 Å². The Morgan fingerprint density at radius 2 is 0.857 bits per heavy atom. The average molecular weight is 826 g/mol. The van der Waals surface area contributed by atoms with E-state index in [1.54, 1.807) is 11.3 Å². The zero-order valence-electron chi connectivity index (χ0n) is 34.2. The summed E-state index contributed by atoms with van der Waals surface area (Å²) in [5.41, 5.74) is 14.6. The number of rotatable bonds is 8. The Morgan fingerprint density at radius 1 is 0.365 bits per heavy atom. The molecule has 1 aliphatic carbocycles. The van der Waals surface area contributed by atoms with Crippen molar-refractivity contribution in [2.45, 2.75) is 5.41 Å². The number of benzene rings is 9. The third-order valence-electron chi connectivity index (χ3n) is 12.5. The number of nitrogens with zero attached hydrogens (tertiary/aromatic N) is 1. The lowest BCUT2D eigenvalue weighted by molar-refractivity contribution is 0.364. The van der Waals surface area contributed by atoms with Crippen LogP contribution in [0.5, 0.6) is 23.0 Å². The molecule has 0 saturated heterocycles. The number of fused-ring (bicyclic) bond motifs is 5. The fraction of sp³-hybridized carbons (Fsp3) is 0.0169. The first-order valence-corrected chi connectivity index (χ1v) is 22.1. The minimum atomic E-state index is -0.520. The summed E-state index contributed by atoms with van der Waals surface area (Å²) in [4.78, 5) is 3.38. The van der Waals surface area contributed by atoms with Crippen LogP contribution in [0.2, 0.25) is 0 Å². The number of hydrogen-bond donors (Lipinski definition) is 0. The summed E-state index contributed by atoms with van der Waals surface area (Å²) in [6.45, 7) is 0. The lowest BCUT2D eigenvalue weighted by Gasteiger charge is -2.34. The zero-order chi connectivity index (χ0) is 41.7. The number of hydrogen-bond acceptors (Lipinski definition) is 4. The Balaban J connectivity index is 1.11. The van der Waals surface area contributed by atoms with Crippen LogP contribution in [0, 0.1) is 0 Å². The molecule has 2 heterocycles. The first-order chi connectivity index (χ1) is 31.3. The zero-order valence-corrected chi connectivity index (χ0v) is 35.0. The smallest absolute Gasteiger partial charge is 0.205 e. The van der Waals surface area contributed by atoms with Gasteiger partial charge in [-0.05, 0) is 92.0 Å². The van der Waals surface area contributed by atoms with Crippen LogP contribution in [0.4, 0.5) is 16.4 Å². The summed E-state index contributed by atoms with van der Waals surface area (Å²) >= 11 is 1.68. The van der Waals surface area contributed by atoms with Gasteiger partial charge in [0.25, 0.3) is 0 Å². The van der Waals surface area contributed by atoms with Crippen LogP contribution in [0.15, 0.2) is 237 Å². The van der Waals surface area contributed by atoms with Crippen molar-refractivity contribution >= 4 is 27.7 Å². The lowest BCUT2D eigenvalue weighted by atomic mass is 9.68. The van der Waals surface area contributed by atoms with Crippen LogP contribution in [-0.2, 0) is 5.41 Å². The fourth-order valence-corrected chi connectivity index (χ4v) is 10.9. The maximum absolute atomic E-state index is 6.97. The van der Waals surface area contributed by atoms with Crippen molar-refractivity contribution in [1.29, 1.82) is 0 Å². The molecule has 0 bridgehead atoms. The van der Waals surface area contributed by atoms with E-state index >= 15 is 0 Å². The van der Waals surface area contributed by atoms with Gasteiger partial charge in [-0.2, -0.15) is 0 Å². The van der Waals surface area contributed by atoms with E-state index in [1.165, 1.54) is 33.4 Å². The van der Waals surface area contributed by atoms with Gasteiger partial charge in [-0.3, -0.25) is 4.90 Å². The highest BCUT2D eigenvalue weighted by molar-refractivity contribution is 7.20. The van der Waals surface area contributed by atoms with Crippen molar-refractivity contribution in [2.75, 3.05) is 4.90 Å². The predicted molar refractivity (Wildman–Crippen MR) is 259 cm³/mol. The van der Waals surface area contributed by atoms with Crippen LogP contribution in [0.3, 0.4) is 0 Å². The fourth-order valence-electron chi connectivity index (χ4n) is 9.67. The summed E-state index contributed by atoms with van der Waals surface area (Å²) < 4.78 is 13.8. The average Bonchev–Trinajstić information content (AvgIpc) is 3.88. The molecule has 0 fully saturated rings. The molecule has 1 aliphatic heterocycles.